The van der Waals surface area contributed by atoms with Crippen LogP contribution >= 0.6 is 11.3 Å². The molecular weight excluding hydrogens is 350 g/mol. The number of nitrogens with zero attached hydrogens (tertiary/aromatic N) is 6. The van der Waals surface area contributed by atoms with Gasteiger partial charge in [0.1, 0.15) is 5.82 Å². The summed E-state index contributed by atoms with van der Waals surface area (Å²) in [7, 11) is 0. The number of aliphatic hydroxyl groups is 1. The van der Waals surface area contributed by atoms with E-state index in [9.17, 15) is 5.11 Å². The predicted octanol–water partition coefficient (Wildman–Crippen LogP) is 1.96. The summed E-state index contributed by atoms with van der Waals surface area (Å²) in [5.74, 6) is 2.01. The summed E-state index contributed by atoms with van der Waals surface area (Å²) in [6.45, 7) is 2.04. The molecule has 0 spiro atoms. The van der Waals surface area contributed by atoms with Crippen LogP contribution in [0.5, 0.6) is 0 Å². The van der Waals surface area contributed by atoms with Crippen LogP contribution in [0.15, 0.2) is 36.1 Å². The molecule has 1 atom stereocenters. The second-order valence-electron chi connectivity index (χ2n) is 6.05. The van der Waals surface area contributed by atoms with Crippen LogP contribution < -0.4 is 10.2 Å². The Balaban J connectivity index is 1.41. The van der Waals surface area contributed by atoms with Crippen LogP contribution in [0.4, 0.5) is 11.8 Å². The molecule has 2 N–H and O–H groups in total. The second kappa shape index (κ2) is 7.71. The number of β-amino-alcohol motifs (C(OH)–C–C–N with tert-alkyl or cyclic N) is 1. The van der Waals surface area contributed by atoms with Crippen LogP contribution in [-0.2, 0) is 6.54 Å². The lowest BCUT2D eigenvalue weighted by atomic mass is 10.1. The Morgan fingerprint density at radius 1 is 1.19 bits per heavy atom. The summed E-state index contributed by atoms with van der Waals surface area (Å²) in [5, 5.41) is 15.8. The summed E-state index contributed by atoms with van der Waals surface area (Å²) in [5.41, 5.74) is 0.889. The molecule has 1 unspecified atom stereocenters. The van der Waals surface area contributed by atoms with Gasteiger partial charge >= 0.3 is 0 Å². The van der Waals surface area contributed by atoms with Crippen molar-refractivity contribution in [2.24, 2.45) is 0 Å². The first-order valence-corrected chi connectivity index (χ1v) is 9.37. The quantitative estimate of drug-likeness (QED) is 0.704. The molecule has 3 aromatic rings. The van der Waals surface area contributed by atoms with Crippen LogP contribution in [0.1, 0.15) is 18.5 Å². The van der Waals surface area contributed by atoms with E-state index in [1.54, 1.807) is 24.7 Å². The highest BCUT2D eigenvalue weighted by atomic mass is 32.1. The van der Waals surface area contributed by atoms with Crippen molar-refractivity contribution < 1.29 is 5.11 Å². The van der Waals surface area contributed by atoms with Crippen molar-refractivity contribution in [1.82, 2.24) is 24.9 Å². The Morgan fingerprint density at radius 2 is 2.08 bits per heavy atom. The first-order chi connectivity index (χ1) is 12.8. The molecule has 1 aliphatic rings. The smallest absolute Gasteiger partial charge is 0.224 e. The normalized spacial score (nSPS) is 17.3. The molecular formula is C17H19N7OS. The minimum Gasteiger partial charge on any atom is -0.391 e. The zero-order valence-corrected chi connectivity index (χ0v) is 14.9. The van der Waals surface area contributed by atoms with Gasteiger partial charge in [-0.2, -0.15) is 4.98 Å². The highest BCUT2D eigenvalue weighted by Gasteiger charge is 2.19. The molecule has 134 valence electrons. The van der Waals surface area contributed by atoms with Crippen molar-refractivity contribution in [3.8, 4) is 10.8 Å². The van der Waals surface area contributed by atoms with Gasteiger partial charge in [-0.1, -0.05) is 0 Å². The van der Waals surface area contributed by atoms with Gasteiger partial charge in [0, 0.05) is 37.1 Å². The SMILES string of the molecule is OC1CCCN(c2ccnc(NCc3csc(-c4ncccn4)n3)n2)C1. The third kappa shape index (κ3) is 3.94. The number of piperidine rings is 1. The number of hydrogen-bond donors (Lipinski definition) is 2. The molecule has 0 radical (unpaired) electrons. The van der Waals surface area contributed by atoms with Crippen molar-refractivity contribution >= 4 is 23.1 Å². The van der Waals surface area contributed by atoms with E-state index in [2.05, 4.69) is 35.1 Å². The molecule has 0 amide bonds. The van der Waals surface area contributed by atoms with Gasteiger partial charge in [-0.15, -0.1) is 11.3 Å². The average molecular weight is 369 g/mol. The van der Waals surface area contributed by atoms with Gasteiger partial charge in [0.15, 0.2) is 10.8 Å². The maximum atomic E-state index is 9.84. The third-order valence-electron chi connectivity index (χ3n) is 4.10. The summed E-state index contributed by atoms with van der Waals surface area (Å²) in [6.07, 6.45) is 6.68. The van der Waals surface area contributed by atoms with Gasteiger partial charge in [-0.3, -0.25) is 0 Å². The molecule has 3 aromatic heterocycles. The summed E-state index contributed by atoms with van der Waals surface area (Å²) in [4.78, 5) is 23.9. The molecule has 26 heavy (non-hydrogen) atoms. The third-order valence-corrected chi connectivity index (χ3v) is 4.98. The van der Waals surface area contributed by atoms with E-state index in [4.69, 9.17) is 0 Å². The number of nitrogens with one attached hydrogen (secondary N) is 1. The van der Waals surface area contributed by atoms with E-state index in [0.717, 1.165) is 35.9 Å². The molecule has 4 rings (SSSR count). The Hall–Kier alpha value is -2.65. The molecule has 0 aliphatic carbocycles. The van der Waals surface area contributed by atoms with Crippen LogP contribution in [0.2, 0.25) is 0 Å². The van der Waals surface area contributed by atoms with Crippen LogP contribution in [0, 0.1) is 0 Å². The first kappa shape index (κ1) is 16.8. The number of hydrogen-bond acceptors (Lipinski definition) is 9. The van der Waals surface area contributed by atoms with Gasteiger partial charge in [0.2, 0.25) is 5.95 Å². The Bertz CT molecular complexity index is 857. The minimum atomic E-state index is -0.288. The zero-order chi connectivity index (χ0) is 17.8. The van der Waals surface area contributed by atoms with Gasteiger partial charge < -0.3 is 15.3 Å². The fourth-order valence-corrected chi connectivity index (χ4v) is 3.61. The number of aromatic nitrogens is 5. The molecule has 4 heterocycles. The van der Waals surface area contributed by atoms with E-state index in [1.807, 2.05) is 11.4 Å². The summed E-state index contributed by atoms with van der Waals surface area (Å²) >= 11 is 1.51. The zero-order valence-electron chi connectivity index (χ0n) is 14.1. The van der Waals surface area contributed by atoms with Gasteiger partial charge in [-0.25, -0.2) is 19.9 Å². The number of aliphatic hydroxyl groups excluding tert-OH is 1. The molecule has 0 aromatic carbocycles. The molecule has 9 heteroatoms. The van der Waals surface area contributed by atoms with Crippen molar-refractivity contribution in [3.05, 3.63) is 41.8 Å². The van der Waals surface area contributed by atoms with Crippen LogP contribution in [0.3, 0.4) is 0 Å². The topological polar surface area (TPSA) is 100.0 Å². The van der Waals surface area contributed by atoms with Gasteiger partial charge in [0.05, 0.1) is 18.3 Å². The standard InChI is InChI=1S/C17H19N7OS/c25-13-3-1-8-24(10-13)14-4-7-20-17(23-14)21-9-12-11-26-16(22-12)15-18-5-2-6-19-15/h2,4-7,11,13,25H,1,3,8-10H2,(H,20,21,23). The lowest BCUT2D eigenvalue weighted by Gasteiger charge is -2.31. The fourth-order valence-electron chi connectivity index (χ4n) is 2.84. The maximum absolute atomic E-state index is 9.84. The molecule has 0 bridgehead atoms. The monoisotopic (exact) mass is 369 g/mol. The summed E-state index contributed by atoms with van der Waals surface area (Å²) in [6, 6.07) is 3.65. The van der Waals surface area contributed by atoms with Gasteiger partial charge in [-0.05, 0) is 25.0 Å². The van der Waals surface area contributed by atoms with E-state index >= 15 is 0 Å². The van der Waals surface area contributed by atoms with Crippen LogP contribution in [-0.4, -0.2) is 49.2 Å². The molecule has 0 saturated carbocycles. The number of rotatable bonds is 5. The predicted molar refractivity (Wildman–Crippen MR) is 100.0 cm³/mol. The van der Waals surface area contributed by atoms with Crippen molar-refractivity contribution in [1.29, 1.82) is 0 Å². The first-order valence-electron chi connectivity index (χ1n) is 8.49. The fraction of sp³-hybridized carbons (Fsp3) is 0.353. The number of thiazole rings is 1. The van der Waals surface area contributed by atoms with E-state index in [1.165, 1.54) is 11.3 Å². The lowest BCUT2D eigenvalue weighted by molar-refractivity contribution is 0.154. The number of anilines is 2. The lowest BCUT2D eigenvalue weighted by Crippen LogP contribution is -2.38. The van der Waals surface area contributed by atoms with Crippen molar-refractivity contribution in [2.45, 2.75) is 25.5 Å². The molecule has 1 aliphatic heterocycles. The second-order valence-corrected chi connectivity index (χ2v) is 6.91. The minimum absolute atomic E-state index is 0.288. The highest BCUT2D eigenvalue weighted by molar-refractivity contribution is 7.13. The Labute approximate surface area is 155 Å². The van der Waals surface area contributed by atoms with E-state index in [0.29, 0.717) is 24.9 Å². The molecule has 8 nitrogen and oxygen atoms in total. The van der Waals surface area contributed by atoms with Crippen molar-refractivity contribution in [3.63, 3.8) is 0 Å². The van der Waals surface area contributed by atoms with E-state index in [-0.39, 0.29) is 6.10 Å². The Morgan fingerprint density at radius 3 is 2.92 bits per heavy atom. The van der Waals surface area contributed by atoms with Crippen molar-refractivity contribution in [2.75, 3.05) is 23.3 Å². The molecule has 1 fully saturated rings. The largest absolute Gasteiger partial charge is 0.391 e. The van der Waals surface area contributed by atoms with E-state index < -0.39 is 0 Å². The highest BCUT2D eigenvalue weighted by Crippen LogP contribution is 2.21. The summed E-state index contributed by atoms with van der Waals surface area (Å²) < 4.78 is 0. The van der Waals surface area contributed by atoms with Crippen LogP contribution in [0.25, 0.3) is 10.8 Å². The maximum Gasteiger partial charge on any atom is 0.224 e. The van der Waals surface area contributed by atoms with Gasteiger partial charge in [0.25, 0.3) is 0 Å². The Kier molecular flexibility index (Phi) is 4.98. The average Bonchev–Trinajstić information content (AvgIpc) is 3.16. The molecule has 1 saturated heterocycles.